The molecule has 0 unspecified atom stereocenters. The SMILES string of the molecule is CCS(=O)(=O)CCn1cc(CCCCl)nn1. The molecular formula is C9H16ClN3O2S. The summed E-state index contributed by atoms with van der Waals surface area (Å²) in [4.78, 5) is 0. The number of rotatable bonds is 7. The van der Waals surface area contributed by atoms with Gasteiger partial charge in [-0.1, -0.05) is 12.1 Å². The molecule has 0 aliphatic rings. The number of sulfone groups is 1. The van der Waals surface area contributed by atoms with Crippen molar-refractivity contribution >= 4 is 21.4 Å². The number of aromatic nitrogens is 3. The minimum atomic E-state index is -2.94. The van der Waals surface area contributed by atoms with Gasteiger partial charge >= 0.3 is 0 Å². The van der Waals surface area contributed by atoms with Crippen LogP contribution in [0.25, 0.3) is 0 Å². The topological polar surface area (TPSA) is 64.8 Å². The third-order valence-electron chi connectivity index (χ3n) is 2.22. The molecule has 5 nitrogen and oxygen atoms in total. The highest BCUT2D eigenvalue weighted by molar-refractivity contribution is 7.91. The normalized spacial score (nSPS) is 11.9. The van der Waals surface area contributed by atoms with Crippen molar-refractivity contribution in [2.75, 3.05) is 17.4 Å². The van der Waals surface area contributed by atoms with Crippen molar-refractivity contribution in [1.29, 1.82) is 0 Å². The van der Waals surface area contributed by atoms with Gasteiger partial charge in [-0.3, -0.25) is 4.68 Å². The molecule has 0 aromatic carbocycles. The Morgan fingerprint density at radius 3 is 2.88 bits per heavy atom. The van der Waals surface area contributed by atoms with Crippen molar-refractivity contribution in [3.05, 3.63) is 11.9 Å². The predicted octanol–water partition coefficient (Wildman–Crippen LogP) is 0.884. The zero-order valence-corrected chi connectivity index (χ0v) is 10.8. The quantitative estimate of drug-likeness (QED) is 0.687. The third-order valence-corrected chi connectivity index (χ3v) is 4.18. The maximum absolute atomic E-state index is 11.3. The van der Waals surface area contributed by atoms with Crippen molar-refractivity contribution in [2.45, 2.75) is 26.3 Å². The summed E-state index contributed by atoms with van der Waals surface area (Å²) in [5.41, 5.74) is 0.856. The van der Waals surface area contributed by atoms with E-state index in [2.05, 4.69) is 10.3 Å². The number of hydrogen-bond donors (Lipinski definition) is 0. The smallest absolute Gasteiger partial charge is 0.151 e. The molecule has 0 amide bonds. The predicted molar refractivity (Wildman–Crippen MR) is 63.4 cm³/mol. The van der Waals surface area contributed by atoms with Crippen LogP contribution in [0, 0.1) is 0 Å². The lowest BCUT2D eigenvalue weighted by Gasteiger charge is -2.00. The summed E-state index contributed by atoms with van der Waals surface area (Å²) in [6, 6.07) is 0. The maximum atomic E-state index is 11.3. The number of halogens is 1. The van der Waals surface area contributed by atoms with E-state index in [-0.39, 0.29) is 11.5 Å². The van der Waals surface area contributed by atoms with Crippen LogP contribution < -0.4 is 0 Å². The maximum Gasteiger partial charge on any atom is 0.151 e. The summed E-state index contributed by atoms with van der Waals surface area (Å²) >= 11 is 5.56. The van der Waals surface area contributed by atoms with Crippen LogP contribution in [0.3, 0.4) is 0 Å². The number of hydrogen-bond acceptors (Lipinski definition) is 4. The Morgan fingerprint density at radius 2 is 2.25 bits per heavy atom. The van der Waals surface area contributed by atoms with Crippen LogP contribution in [0.1, 0.15) is 19.0 Å². The van der Waals surface area contributed by atoms with Crippen LogP contribution in [0.15, 0.2) is 6.20 Å². The van der Waals surface area contributed by atoms with Gasteiger partial charge in [-0.2, -0.15) is 0 Å². The Kier molecular flexibility index (Phi) is 5.21. The van der Waals surface area contributed by atoms with E-state index in [1.54, 1.807) is 17.8 Å². The minimum Gasteiger partial charge on any atom is -0.251 e. The molecule has 92 valence electrons. The standard InChI is InChI=1S/C9H16ClN3O2S/c1-2-16(14,15)7-6-13-8-9(11-12-13)4-3-5-10/h8H,2-7H2,1H3. The molecule has 1 aromatic rings. The summed E-state index contributed by atoms with van der Waals surface area (Å²) < 4.78 is 24.1. The summed E-state index contributed by atoms with van der Waals surface area (Å²) in [7, 11) is -2.94. The van der Waals surface area contributed by atoms with E-state index in [9.17, 15) is 8.42 Å². The van der Waals surface area contributed by atoms with Gasteiger partial charge in [-0.05, 0) is 12.8 Å². The first-order chi connectivity index (χ1) is 7.57. The first-order valence-electron chi connectivity index (χ1n) is 5.23. The fraction of sp³-hybridized carbons (Fsp3) is 0.778. The van der Waals surface area contributed by atoms with Gasteiger partial charge in [0.1, 0.15) is 0 Å². The summed E-state index contributed by atoms with van der Waals surface area (Å²) in [6.07, 6.45) is 3.41. The highest BCUT2D eigenvalue weighted by Gasteiger charge is 2.08. The fourth-order valence-electron chi connectivity index (χ4n) is 1.19. The lowest BCUT2D eigenvalue weighted by Crippen LogP contribution is -2.14. The van der Waals surface area contributed by atoms with E-state index in [4.69, 9.17) is 11.6 Å². The van der Waals surface area contributed by atoms with E-state index in [0.29, 0.717) is 12.4 Å². The van der Waals surface area contributed by atoms with E-state index < -0.39 is 9.84 Å². The van der Waals surface area contributed by atoms with Gasteiger partial charge in [0.25, 0.3) is 0 Å². The molecule has 0 atom stereocenters. The van der Waals surface area contributed by atoms with Crippen LogP contribution in [0.4, 0.5) is 0 Å². The molecule has 0 N–H and O–H groups in total. The first kappa shape index (κ1) is 13.4. The molecule has 0 spiro atoms. The average Bonchev–Trinajstić information content (AvgIpc) is 2.72. The van der Waals surface area contributed by atoms with Crippen LogP contribution >= 0.6 is 11.6 Å². The highest BCUT2D eigenvalue weighted by Crippen LogP contribution is 2.00. The summed E-state index contributed by atoms with van der Waals surface area (Å²) in [5.74, 6) is 0.875. The highest BCUT2D eigenvalue weighted by atomic mass is 35.5. The van der Waals surface area contributed by atoms with Crippen LogP contribution in [0.5, 0.6) is 0 Å². The summed E-state index contributed by atoms with van der Waals surface area (Å²) in [6.45, 7) is 2.01. The van der Waals surface area contributed by atoms with E-state index in [1.807, 2.05) is 0 Å². The Balaban J connectivity index is 2.46. The van der Waals surface area contributed by atoms with E-state index >= 15 is 0 Å². The molecule has 0 bridgehead atoms. The van der Waals surface area contributed by atoms with Crippen molar-refractivity contribution in [3.63, 3.8) is 0 Å². The Morgan fingerprint density at radius 1 is 1.50 bits per heavy atom. The molecule has 0 fully saturated rings. The molecule has 0 saturated heterocycles. The number of alkyl halides is 1. The third kappa shape index (κ3) is 4.49. The first-order valence-corrected chi connectivity index (χ1v) is 7.58. The molecule has 16 heavy (non-hydrogen) atoms. The molecule has 0 radical (unpaired) electrons. The van der Waals surface area contributed by atoms with Gasteiger partial charge in [0.2, 0.25) is 0 Å². The fourth-order valence-corrected chi connectivity index (χ4v) is 2.07. The summed E-state index contributed by atoms with van der Waals surface area (Å²) in [5, 5.41) is 7.81. The zero-order chi connectivity index (χ0) is 12.0. The van der Waals surface area contributed by atoms with Crippen LogP contribution in [-0.2, 0) is 22.8 Å². The van der Waals surface area contributed by atoms with Crippen molar-refractivity contribution in [1.82, 2.24) is 15.0 Å². The lowest BCUT2D eigenvalue weighted by atomic mass is 10.3. The van der Waals surface area contributed by atoms with E-state index in [0.717, 1.165) is 18.5 Å². The van der Waals surface area contributed by atoms with Gasteiger partial charge in [-0.15, -0.1) is 16.7 Å². The Labute approximate surface area is 101 Å². The number of nitrogens with zero attached hydrogens (tertiary/aromatic N) is 3. The molecule has 0 aliphatic carbocycles. The van der Waals surface area contributed by atoms with Crippen LogP contribution in [-0.4, -0.2) is 40.8 Å². The second-order valence-electron chi connectivity index (χ2n) is 3.50. The van der Waals surface area contributed by atoms with Gasteiger partial charge in [-0.25, -0.2) is 8.42 Å². The minimum absolute atomic E-state index is 0.113. The molecule has 7 heteroatoms. The Bertz CT molecular complexity index is 416. The second kappa shape index (κ2) is 6.20. The van der Waals surface area contributed by atoms with Crippen molar-refractivity contribution < 1.29 is 8.42 Å². The second-order valence-corrected chi connectivity index (χ2v) is 6.35. The molecular weight excluding hydrogens is 250 g/mol. The van der Waals surface area contributed by atoms with Crippen LogP contribution in [0.2, 0.25) is 0 Å². The van der Waals surface area contributed by atoms with Gasteiger partial charge in [0.05, 0.1) is 18.0 Å². The molecule has 1 rings (SSSR count). The molecule has 1 aromatic heterocycles. The van der Waals surface area contributed by atoms with Crippen molar-refractivity contribution in [2.24, 2.45) is 0 Å². The largest absolute Gasteiger partial charge is 0.251 e. The monoisotopic (exact) mass is 265 g/mol. The van der Waals surface area contributed by atoms with Crippen molar-refractivity contribution in [3.8, 4) is 0 Å². The lowest BCUT2D eigenvalue weighted by molar-refractivity contribution is 0.576. The van der Waals surface area contributed by atoms with E-state index in [1.165, 1.54) is 0 Å². The molecule has 0 saturated carbocycles. The van der Waals surface area contributed by atoms with Gasteiger partial charge in [0.15, 0.2) is 9.84 Å². The Hall–Kier alpha value is -0.620. The van der Waals surface area contributed by atoms with Gasteiger partial charge in [0, 0.05) is 17.8 Å². The molecule has 0 aliphatic heterocycles. The van der Waals surface area contributed by atoms with Gasteiger partial charge < -0.3 is 0 Å². The zero-order valence-electron chi connectivity index (χ0n) is 9.26. The average molecular weight is 266 g/mol. The number of aryl methyl sites for hydroxylation is 2. The molecule has 1 heterocycles.